The first kappa shape index (κ1) is 22.4. The number of hydrogen-bond acceptors (Lipinski definition) is 3. The number of carbonyl (C=O) groups is 2. The van der Waals surface area contributed by atoms with Gasteiger partial charge in [0, 0.05) is 29.5 Å². The van der Waals surface area contributed by atoms with Gasteiger partial charge in [-0.25, -0.2) is 0 Å². The van der Waals surface area contributed by atoms with E-state index in [2.05, 4.69) is 21.6 Å². The van der Waals surface area contributed by atoms with E-state index < -0.39 is 11.9 Å². The van der Waals surface area contributed by atoms with Crippen LogP contribution in [0.4, 0.5) is 11.4 Å². The van der Waals surface area contributed by atoms with E-state index in [1.807, 2.05) is 25.1 Å². The topological polar surface area (TPSA) is 61.4 Å². The zero-order valence-corrected chi connectivity index (χ0v) is 18.6. The number of hydrogen-bond donors (Lipinski definition) is 2. The Labute approximate surface area is 187 Å². The van der Waals surface area contributed by atoms with Gasteiger partial charge < -0.3 is 15.5 Å². The molecule has 0 saturated carbocycles. The fraction of sp³-hybridized carbons (Fsp3) is 0.391. The zero-order chi connectivity index (χ0) is 21.5. The number of unbranched alkanes of at least 4 members (excludes halogenated alkanes) is 1. The van der Waals surface area contributed by atoms with Crippen molar-refractivity contribution >= 4 is 46.4 Å². The van der Waals surface area contributed by atoms with Crippen LogP contribution in [-0.4, -0.2) is 30.9 Å². The van der Waals surface area contributed by atoms with Gasteiger partial charge in [0.1, 0.15) is 6.04 Å². The van der Waals surface area contributed by atoms with E-state index >= 15 is 0 Å². The van der Waals surface area contributed by atoms with Crippen molar-refractivity contribution in [1.29, 1.82) is 0 Å². The molecule has 1 heterocycles. The van der Waals surface area contributed by atoms with Crippen molar-refractivity contribution in [3.8, 4) is 0 Å². The molecule has 1 aliphatic rings. The molecule has 0 radical (unpaired) electrons. The van der Waals surface area contributed by atoms with E-state index in [1.54, 1.807) is 12.1 Å². The monoisotopic (exact) mass is 447 g/mol. The van der Waals surface area contributed by atoms with Gasteiger partial charge in [-0.2, -0.15) is 0 Å². The Morgan fingerprint density at radius 2 is 1.87 bits per heavy atom. The number of rotatable bonds is 8. The van der Waals surface area contributed by atoms with E-state index in [1.165, 1.54) is 18.9 Å². The molecule has 5 nitrogen and oxygen atoms in total. The molecule has 0 bridgehead atoms. The first-order chi connectivity index (χ1) is 14.5. The molecule has 160 valence electrons. The van der Waals surface area contributed by atoms with Crippen LogP contribution in [0, 0.1) is 0 Å². The summed E-state index contributed by atoms with van der Waals surface area (Å²) in [5.41, 5.74) is 2.13. The fourth-order valence-corrected chi connectivity index (χ4v) is 4.07. The summed E-state index contributed by atoms with van der Waals surface area (Å²) in [6.07, 6.45) is 4.67. The van der Waals surface area contributed by atoms with Crippen LogP contribution >= 0.6 is 23.2 Å². The Balaban J connectivity index is 1.70. The minimum atomic E-state index is -0.653. The van der Waals surface area contributed by atoms with Crippen molar-refractivity contribution in [3.05, 3.63) is 58.1 Å². The molecule has 3 rings (SSSR count). The van der Waals surface area contributed by atoms with E-state index in [4.69, 9.17) is 23.2 Å². The van der Waals surface area contributed by atoms with Crippen LogP contribution in [-0.2, 0) is 4.79 Å². The SMILES string of the molecule is CCCCC(NC(=O)c1ccc(Cl)cc1Cl)C(=O)Nc1cccc(N2CCCC2)c1. The molecule has 0 spiro atoms. The van der Waals surface area contributed by atoms with Crippen LogP contribution in [0.15, 0.2) is 42.5 Å². The maximum Gasteiger partial charge on any atom is 0.253 e. The van der Waals surface area contributed by atoms with Gasteiger partial charge in [-0.05, 0) is 55.7 Å². The van der Waals surface area contributed by atoms with Crippen LogP contribution in [0.2, 0.25) is 10.0 Å². The van der Waals surface area contributed by atoms with E-state index in [0.717, 1.165) is 37.3 Å². The second kappa shape index (κ2) is 10.7. The van der Waals surface area contributed by atoms with Crippen LogP contribution in [0.1, 0.15) is 49.4 Å². The maximum atomic E-state index is 13.0. The molecule has 2 aromatic rings. The van der Waals surface area contributed by atoms with Gasteiger partial charge in [0.25, 0.3) is 5.91 Å². The number of nitrogens with zero attached hydrogens (tertiary/aromatic N) is 1. The summed E-state index contributed by atoms with van der Waals surface area (Å²) in [5, 5.41) is 6.50. The normalized spacial score (nSPS) is 14.4. The third kappa shape index (κ3) is 5.89. The molecule has 1 atom stereocenters. The Hall–Kier alpha value is -2.24. The molecule has 2 aromatic carbocycles. The molecule has 1 aliphatic heterocycles. The van der Waals surface area contributed by atoms with Crippen LogP contribution in [0.25, 0.3) is 0 Å². The van der Waals surface area contributed by atoms with Crippen molar-refractivity contribution in [2.75, 3.05) is 23.3 Å². The number of amides is 2. The summed E-state index contributed by atoms with van der Waals surface area (Å²) in [7, 11) is 0. The third-order valence-corrected chi connectivity index (χ3v) is 5.78. The maximum absolute atomic E-state index is 13.0. The number of halogens is 2. The first-order valence-corrected chi connectivity index (χ1v) is 11.2. The molecule has 1 saturated heterocycles. The second-order valence-corrected chi connectivity index (χ2v) is 8.37. The highest BCUT2D eigenvalue weighted by molar-refractivity contribution is 6.36. The molecule has 1 fully saturated rings. The highest BCUT2D eigenvalue weighted by Gasteiger charge is 2.23. The Morgan fingerprint density at radius 3 is 2.57 bits per heavy atom. The molecule has 0 aromatic heterocycles. The number of anilines is 2. The highest BCUT2D eigenvalue weighted by Crippen LogP contribution is 2.24. The van der Waals surface area contributed by atoms with Gasteiger partial charge >= 0.3 is 0 Å². The highest BCUT2D eigenvalue weighted by atomic mass is 35.5. The summed E-state index contributed by atoms with van der Waals surface area (Å²) < 4.78 is 0. The van der Waals surface area contributed by atoms with Crippen molar-refractivity contribution < 1.29 is 9.59 Å². The molecule has 7 heteroatoms. The lowest BCUT2D eigenvalue weighted by Gasteiger charge is -2.21. The Kier molecular flexibility index (Phi) is 8.00. The van der Waals surface area contributed by atoms with Gasteiger partial charge in [0.15, 0.2) is 0 Å². The summed E-state index contributed by atoms with van der Waals surface area (Å²) >= 11 is 12.1. The molecule has 30 heavy (non-hydrogen) atoms. The third-order valence-electron chi connectivity index (χ3n) is 5.23. The largest absolute Gasteiger partial charge is 0.371 e. The van der Waals surface area contributed by atoms with Crippen LogP contribution < -0.4 is 15.5 Å². The summed E-state index contributed by atoms with van der Waals surface area (Å²) in [4.78, 5) is 28.0. The average Bonchev–Trinajstić information content (AvgIpc) is 3.26. The van der Waals surface area contributed by atoms with Crippen molar-refractivity contribution in [2.24, 2.45) is 0 Å². The standard InChI is InChI=1S/C23H27Cl2N3O2/c1-2-3-9-21(27-22(29)19-11-10-16(24)14-20(19)25)23(30)26-17-7-6-8-18(15-17)28-12-4-5-13-28/h6-8,10-11,14-15,21H,2-5,9,12-13H2,1H3,(H,26,30)(H,27,29). The molecular weight excluding hydrogens is 421 g/mol. The first-order valence-electron chi connectivity index (χ1n) is 10.4. The van der Waals surface area contributed by atoms with E-state index in [9.17, 15) is 9.59 Å². The molecule has 2 amide bonds. The van der Waals surface area contributed by atoms with Gasteiger partial charge in [0.2, 0.25) is 5.91 Å². The van der Waals surface area contributed by atoms with E-state index in [-0.39, 0.29) is 10.9 Å². The van der Waals surface area contributed by atoms with Gasteiger partial charge in [-0.3, -0.25) is 9.59 Å². The predicted octanol–water partition coefficient (Wildman–Crippen LogP) is 5.52. The summed E-state index contributed by atoms with van der Waals surface area (Å²) in [5.74, 6) is -0.626. The van der Waals surface area contributed by atoms with Crippen molar-refractivity contribution in [1.82, 2.24) is 5.32 Å². The quantitative estimate of drug-likeness (QED) is 0.559. The minimum absolute atomic E-state index is 0.236. The predicted molar refractivity (Wildman–Crippen MR) is 124 cm³/mol. The fourth-order valence-electron chi connectivity index (χ4n) is 3.57. The lowest BCUT2D eigenvalue weighted by Crippen LogP contribution is -2.43. The van der Waals surface area contributed by atoms with Crippen molar-refractivity contribution in [2.45, 2.75) is 45.1 Å². The van der Waals surface area contributed by atoms with Crippen LogP contribution in [0.5, 0.6) is 0 Å². The lowest BCUT2D eigenvalue weighted by molar-refractivity contribution is -0.118. The number of benzene rings is 2. The Bertz CT molecular complexity index is 898. The average molecular weight is 448 g/mol. The molecular formula is C23H27Cl2N3O2. The van der Waals surface area contributed by atoms with Gasteiger partial charge in [0.05, 0.1) is 10.6 Å². The van der Waals surface area contributed by atoms with Gasteiger partial charge in [-0.1, -0.05) is 49.0 Å². The minimum Gasteiger partial charge on any atom is -0.371 e. The Morgan fingerprint density at radius 1 is 1.10 bits per heavy atom. The second-order valence-electron chi connectivity index (χ2n) is 7.53. The summed E-state index contributed by atoms with van der Waals surface area (Å²) in [6, 6.07) is 11.9. The molecule has 2 N–H and O–H groups in total. The smallest absolute Gasteiger partial charge is 0.253 e. The summed E-state index contributed by atoms with van der Waals surface area (Å²) in [6.45, 7) is 4.12. The number of nitrogens with one attached hydrogen (secondary N) is 2. The zero-order valence-electron chi connectivity index (χ0n) is 17.1. The van der Waals surface area contributed by atoms with Crippen LogP contribution in [0.3, 0.4) is 0 Å². The lowest BCUT2D eigenvalue weighted by atomic mass is 10.1. The molecule has 1 unspecified atom stereocenters. The van der Waals surface area contributed by atoms with Crippen molar-refractivity contribution in [3.63, 3.8) is 0 Å². The van der Waals surface area contributed by atoms with E-state index in [0.29, 0.717) is 17.0 Å². The molecule has 0 aliphatic carbocycles. The number of carbonyl (C=O) groups excluding carboxylic acids is 2. The van der Waals surface area contributed by atoms with Gasteiger partial charge in [-0.15, -0.1) is 0 Å².